The van der Waals surface area contributed by atoms with Gasteiger partial charge in [0.15, 0.2) is 17.7 Å². The minimum atomic E-state index is -4.99. The van der Waals surface area contributed by atoms with Crippen molar-refractivity contribution >= 4 is 11.9 Å². The van der Waals surface area contributed by atoms with Gasteiger partial charge in [0.1, 0.15) is 11.4 Å². The molecule has 3 rings (SSSR count). The van der Waals surface area contributed by atoms with Crippen molar-refractivity contribution < 1.29 is 41.4 Å². The highest BCUT2D eigenvalue weighted by atomic mass is 19.4. The SMILES string of the molecule is COC(=O)c1ccc(OC2=NO[C@H](c3ccc(OC(F)(F)F)c(F)c3)C2)cn1. The maximum absolute atomic E-state index is 13.8. The fourth-order valence-corrected chi connectivity index (χ4v) is 2.32. The van der Waals surface area contributed by atoms with Crippen molar-refractivity contribution in [1.29, 1.82) is 0 Å². The molecule has 0 saturated heterocycles. The molecule has 2 heterocycles. The summed E-state index contributed by atoms with van der Waals surface area (Å²) in [6.07, 6.45) is -4.34. The Labute approximate surface area is 155 Å². The Bertz CT molecular complexity index is 899. The summed E-state index contributed by atoms with van der Waals surface area (Å²) in [5, 5.41) is 3.72. The second-order valence-electron chi connectivity index (χ2n) is 5.49. The summed E-state index contributed by atoms with van der Waals surface area (Å²) in [5.74, 6) is -2.31. The minimum absolute atomic E-state index is 0.0916. The molecule has 28 heavy (non-hydrogen) atoms. The molecule has 148 valence electrons. The van der Waals surface area contributed by atoms with Crippen molar-refractivity contribution in [3.05, 3.63) is 53.6 Å². The summed E-state index contributed by atoms with van der Waals surface area (Å²) in [4.78, 5) is 20.3. The highest BCUT2D eigenvalue weighted by Crippen LogP contribution is 2.32. The van der Waals surface area contributed by atoms with Crippen molar-refractivity contribution in [3.8, 4) is 11.5 Å². The topological polar surface area (TPSA) is 79.2 Å². The molecule has 1 atom stereocenters. The number of methoxy groups -OCH3 is 1. The van der Waals surface area contributed by atoms with Gasteiger partial charge in [-0.15, -0.1) is 13.2 Å². The first-order chi connectivity index (χ1) is 13.2. The largest absolute Gasteiger partial charge is 0.573 e. The average molecular weight is 400 g/mol. The standard InChI is InChI=1S/C17H12F4N2O5/c1-25-16(24)12-4-3-10(8-22-12)26-15-7-14(28-23-15)9-2-5-13(11(18)6-9)27-17(19,20)21/h2-6,8,14H,7H2,1H3/t14-/m0/s1. The van der Waals surface area contributed by atoms with Crippen molar-refractivity contribution in [2.75, 3.05) is 7.11 Å². The highest BCUT2D eigenvalue weighted by molar-refractivity contribution is 5.87. The van der Waals surface area contributed by atoms with Gasteiger partial charge in [-0.05, 0) is 29.8 Å². The number of oxime groups is 1. The fraction of sp³-hybridized carbons (Fsp3) is 0.235. The Kier molecular flexibility index (Phi) is 5.34. The van der Waals surface area contributed by atoms with Crippen molar-refractivity contribution in [2.24, 2.45) is 5.16 Å². The van der Waals surface area contributed by atoms with E-state index < -0.39 is 30.0 Å². The molecule has 0 amide bonds. The monoisotopic (exact) mass is 400 g/mol. The van der Waals surface area contributed by atoms with Gasteiger partial charge in [0.05, 0.1) is 19.7 Å². The molecule has 7 nitrogen and oxygen atoms in total. The van der Waals surface area contributed by atoms with Crippen LogP contribution in [0, 0.1) is 5.82 Å². The summed E-state index contributed by atoms with van der Waals surface area (Å²) >= 11 is 0. The first kappa shape index (κ1) is 19.4. The second-order valence-corrected chi connectivity index (χ2v) is 5.49. The summed E-state index contributed by atoms with van der Waals surface area (Å²) in [7, 11) is 1.23. The number of nitrogens with zero attached hydrogens (tertiary/aromatic N) is 2. The summed E-state index contributed by atoms with van der Waals surface area (Å²) in [6.45, 7) is 0. The number of pyridine rings is 1. The van der Waals surface area contributed by atoms with Crippen LogP contribution in [0.15, 0.2) is 41.7 Å². The number of hydrogen-bond acceptors (Lipinski definition) is 7. The molecular weight excluding hydrogens is 388 g/mol. The maximum atomic E-state index is 13.8. The number of aromatic nitrogens is 1. The third-order valence-electron chi connectivity index (χ3n) is 3.56. The van der Waals surface area contributed by atoms with Gasteiger partial charge in [-0.3, -0.25) is 0 Å². The first-order valence-corrected chi connectivity index (χ1v) is 7.75. The van der Waals surface area contributed by atoms with E-state index in [1.165, 1.54) is 31.5 Å². The van der Waals surface area contributed by atoms with Gasteiger partial charge in [0, 0.05) is 0 Å². The van der Waals surface area contributed by atoms with E-state index in [2.05, 4.69) is 19.6 Å². The van der Waals surface area contributed by atoms with Crippen LogP contribution in [0.2, 0.25) is 0 Å². The quantitative estimate of drug-likeness (QED) is 0.575. The Morgan fingerprint density at radius 1 is 1.25 bits per heavy atom. The van der Waals surface area contributed by atoms with Crippen molar-refractivity contribution in [3.63, 3.8) is 0 Å². The smallest absolute Gasteiger partial charge is 0.464 e. The molecule has 2 aromatic rings. The Hall–Kier alpha value is -3.37. The second kappa shape index (κ2) is 7.71. The Balaban J connectivity index is 1.62. The number of hydrogen-bond donors (Lipinski definition) is 0. The number of carbonyl (C=O) groups excluding carboxylic acids is 1. The fourth-order valence-electron chi connectivity index (χ4n) is 2.32. The maximum Gasteiger partial charge on any atom is 0.573 e. The molecule has 1 aliphatic heterocycles. The van der Waals surface area contributed by atoms with E-state index in [9.17, 15) is 22.4 Å². The Morgan fingerprint density at radius 3 is 2.64 bits per heavy atom. The number of benzene rings is 1. The van der Waals surface area contributed by atoms with Crippen molar-refractivity contribution in [1.82, 2.24) is 4.98 Å². The van der Waals surface area contributed by atoms with Gasteiger partial charge in [-0.25, -0.2) is 14.2 Å². The van der Waals surface area contributed by atoms with Crippen LogP contribution in [0.25, 0.3) is 0 Å². The first-order valence-electron chi connectivity index (χ1n) is 7.75. The molecule has 1 aromatic carbocycles. The Morgan fingerprint density at radius 2 is 2.04 bits per heavy atom. The zero-order valence-electron chi connectivity index (χ0n) is 14.2. The molecule has 0 unspecified atom stereocenters. The predicted molar refractivity (Wildman–Crippen MR) is 85.2 cm³/mol. The van der Waals surface area contributed by atoms with Gasteiger partial charge in [0.25, 0.3) is 0 Å². The lowest BCUT2D eigenvalue weighted by Crippen LogP contribution is -2.18. The molecule has 1 aliphatic rings. The third-order valence-corrected chi connectivity index (χ3v) is 3.56. The average Bonchev–Trinajstić information content (AvgIpc) is 3.11. The van der Waals surface area contributed by atoms with Gasteiger partial charge in [-0.1, -0.05) is 11.2 Å². The lowest BCUT2D eigenvalue weighted by atomic mass is 10.1. The van der Waals surface area contributed by atoms with Gasteiger partial charge < -0.3 is 19.0 Å². The lowest BCUT2D eigenvalue weighted by Gasteiger charge is -2.12. The van der Waals surface area contributed by atoms with Crippen LogP contribution < -0.4 is 9.47 Å². The molecule has 0 N–H and O–H groups in total. The van der Waals surface area contributed by atoms with Gasteiger partial charge in [0.2, 0.25) is 5.90 Å². The molecular formula is C17H12F4N2O5. The summed E-state index contributed by atoms with van der Waals surface area (Å²) < 4.78 is 64.0. The molecule has 0 fully saturated rings. The van der Waals surface area contributed by atoms with Crippen LogP contribution in [0.3, 0.4) is 0 Å². The van der Waals surface area contributed by atoms with Crippen LogP contribution >= 0.6 is 0 Å². The number of halogens is 4. The van der Waals surface area contributed by atoms with E-state index >= 15 is 0 Å². The number of ether oxygens (including phenoxy) is 3. The lowest BCUT2D eigenvalue weighted by molar-refractivity contribution is -0.275. The van der Waals surface area contributed by atoms with Crippen molar-refractivity contribution in [2.45, 2.75) is 18.9 Å². The van der Waals surface area contributed by atoms with E-state index in [-0.39, 0.29) is 29.3 Å². The molecule has 0 aliphatic carbocycles. The van der Waals surface area contributed by atoms with E-state index in [1.54, 1.807) is 0 Å². The van der Waals surface area contributed by atoms with E-state index in [0.717, 1.165) is 12.1 Å². The van der Waals surface area contributed by atoms with Gasteiger partial charge in [-0.2, -0.15) is 0 Å². The molecule has 0 bridgehead atoms. The van der Waals surface area contributed by atoms with Crippen LogP contribution in [0.1, 0.15) is 28.6 Å². The van der Waals surface area contributed by atoms with Crippen LogP contribution in [-0.4, -0.2) is 30.3 Å². The number of esters is 1. The van der Waals surface area contributed by atoms with Crippen LogP contribution in [0.5, 0.6) is 11.5 Å². The van der Waals surface area contributed by atoms with E-state index in [1.807, 2.05) is 0 Å². The van der Waals surface area contributed by atoms with E-state index in [0.29, 0.717) is 0 Å². The molecule has 0 radical (unpaired) electrons. The van der Waals surface area contributed by atoms with Crippen LogP contribution in [0.4, 0.5) is 17.6 Å². The summed E-state index contributed by atoms with van der Waals surface area (Å²) in [5.41, 5.74) is 0.350. The number of rotatable bonds is 4. The highest BCUT2D eigenvalue weighted by Gasteiger charge is 2.33. The zero-order chi connectivity index (χ0) is 20.3. The number of alkyl halides is 3. The minimum Gasteiger partial charge on any atom is -0.464 e. The summed E-state index contributed by atoms with van der Waals surface area (Å²) in [6, 6.07) is 5.83. The van der Waals surface area contributed by atoms with E-state index in [4.69, 9.17) is 9.57 Å². The molecule has 0 saturated carbocycles. The van der Waals surface area contributed by atoms with Crippen LogP contribution in [-0.2, 0) is 9.57 Å². The molecule has 1 aromatic heterocycles. The molecule has 0 spiro atoms. The zero-order valence-corrected chi connectivity index (χ0v) is 14.2. The number of carbonyl (C=O) groups is 1. The van der Waals surface area contributed by atoms with Gasteiger partial charge >= 0.3 is 12.3 Å². The normalized spacial score (nSPS) is 16.2. The molecule has 11 heteroatoms. The predicted octanol–water partition coefficient (Wildman–Crippen LogP) is 3.76. The third kappa shape index (κ3) is 4.67.